The van der Waals surface area contributed by atoms with E-state index >= 15 is 0 Å². The molecule has 0 aliphatic heterocycles. The fourth-order valence-corrected chi connectivity index (χ4v) is 2.06. The van der Waals surface area contributed by atoms with E-state index in [0.717, 1.165) is 12.4 Å². The first kappa shape index (κ1) is 18.0. The molecule has 0 aromatic carbocycles. The zero-order valence-electron chi connectivity index (χ0n) is 14.1. The maximum absolute atomic E-state index is 12.3. The van der Waals surface area contributed by atoms with Crippen LogP contribution in [0.5, 0.6) is 0 Å². The molecule has 22 heavy (non-hydrogen) atoms. The molecule has 0 saturated carbocycles. The number of carbonyl (C=O) groups excluding carboxylic acids is 2. The second-order valence-corrected chi connectivity index (χ2v) is 5.97. The average Bonchev–Trinajstić information content (AvgIpc) is 2.91. The van der Waals surface area contributed by atoms with Crippen molar-refractivity contribution in [2.45, 2.75) is 52.2 Å². The fourth-order valence-electron chi connectivity index (χ4n) is 2.06. The molecule has 0 spiro atoms. The number of carbonyl (C=O) groups is 2. The second kappa shape index (κ2) is 7.82. The van der Waals surface area contributed by atoms with Crippen molar-refractivity contribution in [2.24, 2.45) is 0 Å². The molecule has 1 aromatic heterocycles. The lowest BCUT2D eigenvalue weighted by atomic mass is 9.98. The Balaban J connectivity index is 2.54. The number of imidazole rings is 1. The molecular formula is C15H27N5O2. The molecule has 7 nitrogen and oxygen atoms in total. The van der Waals surface area contributed by atoms with Crippen molar-refractivity contribution < 1.29 is 9.59 Å². The van der Waals surface area contributed by atoms with Crippen molar-refractivity contribution in [3.63, 3.8) is 0 Å². The summed E-state index contributed by atoms with van der Waals surface area (Å²) in [6.45, 7) is 7.12. The van der Waals surface area contributed by atoms with E-state index in [1.165, 1.54) is 0 Å². The van der Waals surface area contributed by atoms with Crippen LogP contribution in [0.1, 0.15) is 39.4 Å². The number of aromatic nitrogens is 2. The summed E-state index contributed by atoms with van der Waals surface area (Å²) in [7, 11) is 3.34. The average molecular weight is 309 g/mol. The van der Waals surface area contributed by atoms with Gasteiger partial charge < -0.3 is 20.1 Å². The van der Waals surface area contributed by atoms with Crippen LogP contribution < -0.4 is 10.6 Å². The van der Waals surface area contributed by atoms with Crippen molar-refractivity contribution >= 4 is 11.9 Å². The standard InChI is InChI=1S/C15H27N5O2/c1-6-20-10-9-17-12(20)11-19(5)14(22)18-15(2,3)8-7-13(21)16-4/h9-10H,6-8,11H2,1-5H3,(H,16,21)(H,18,22). The molecule has 0 fully saturated rings. The Bertz CT molecular complexity index is 510. The maximum Gasteiger partial charge on any atom is 0.317 e. The van der Waals surface area contributed by atoms with Crippen LogP contribution in [0.15, 0.2) is 12.4 Å². The molecule has 1 heterocycles. The van der Waals surface area contributed by atoms with Crippen LogP contribution in [0.4, 0.5) is 4.79 Å². The summed E-state index contributed by atoms with van der Waals surface area (Å²) in [5, 5.41) is 5.54. The number of urea groups is 1. The van der Waals surface area contributed by atoms with Gasteiger partial charge in [0.25, 0.3) is 0 Å². The van der Waals surface area contributed by atoms with Crippen molar-refractivity contribution in [1.82, 2.24) is 25.1 Å². The molecule has 0 radical (unpaired) electrons. The highest BCUT2D eigenvalue weighted by Crippen LogP contribution is 2.12. The molecule has 2 N–H and O–H groups in total. The molecule has 7 heteroatoms. The third-order valence-electron chi connectivity index (χ3n) is 3.57. The van der Waals surface area contributed by atoms with Gasteiger partial charge in [-0.1, -0.05) is 0 Å². The zero-order valence-corrected chi connectivity index (χ0v) is 14.1. The van der Waals surface area contributed by atoms with Crippen LogP contribution in [0.3, 0.4) is 0 Å². The lowest BCUT2D eigenvalue weighted by molar-refractivity contribution is -0.121. The Morgan fingerprint density at radius 1 is 1.41 bits per heavy atom. The van der Waals surface area contributed by atoms with Gasteiger partial charge in [0.2, 0.25) is 5.91 Å². The highest BCUT2D eigenvalue weighted by atomic mass is 16.2. The predicted molar refractivity (Wildman–Crippen MR) is 85.3 cm³/mol. The van der Waals surface area contributed by atoms with Crippen molar-refractivity contribution in [3.8, 4) is 0 Å². The number of rotatable bonds is 7. The van der Waals surface area contributed by atoms with Crippen molar-refractivity contribution in [2.75, 3.05) is 14.1 Å². The van der Waals surface area contributed by atoms with E-state index < -0.39 is 5.54 Å². The van der Waals surface area contributed by atoms with E-state index in [9.17, 15) is 9.59 Å². The Kier molecular flexibility index (Phi) is 6.39. The summed E-state index contributed by atoms with van der Waals surface area (Å²) in [4.78, 5) is 29.4. The lowest BCUT2D eigenvalue weighted by Crippen LogP contribution is -2.49. The number of hydrogen-bond donors (Lipinski definition) is 2. The smallest absolute Gasteiger partial charge is 0.317 e. The van der Waals surface area contributed by atoms with E-state index in [1.54, 1.807) is 25.2 Å². The SMILES string of the molecule is CCn1ccnc1CN(C)C(=O)NC(C)(C)CCC(=O)NC. The monoisotopic (exact) mass is 309 g/mol. The molecule has 3 amide bonds. The normalized spacial score (nSPS) is 11.1. The Labute approximate surface area is 132 Å². The largest absolute Gasteiger partial charge is 0.359 e. The van der Waals surface area contributed by atoms with Gasteiger partial charge in [0.05, 0.1) is 6.54 Å². The van der Waals surface area contributed by atoms with Crippen molar-refractivity contribution in [3.05, 3.63) is 18.2 Å². The summed E-state index contributed by atoms with van der Waals surface area (Å²) in [5.74, 6) is 0.823. The van der Waals surface area contributed by atoms with Gasteiger partial charge in [-0.15, -0.1) is 0 Å². The van der Waals surface area contributed by atoms with Gasteiger partial charge in [-0.2, -0.15) is 0 Å². The lowest BCUT2D eigenvalue weighted by Gasteiger charge is -2.29. The highest BCUT2D eigenvalue weighted by Gasteiger charge is 2.23. The molecule has 0 aliphatic rings. The maximum atomic E-state index is 12.3. The second-order valence-electron chi connectivity index (χ2n) is 5.97. The van der Waals surface area contributed by atoms with Crippen molar-refractivity contribution in [1.29, 1.82) is 0 Å². The molecule has 0 saturated heterocycles. The minimum Gasteiger partial charge on any atom is -0.359 e. The van der Waals surface area contributed by atoms with Gasteiger partial charge in [-0.05, 0) is 27.2 Å². The molecule has 1 aromatic rings. The molecule has 0 atom stereocenters. The molecule has 0 unspecified atom stereocenters. The molecule has 0 aliphatic carbocycles. The first-order chi connectivity index (χ1) is 10.3. The van der Waals surface area contributed by atoms with Crippen LogP contribution in [-0.2, 0) is 17.9 Å². The Morgan fingerprint density at radius 2 is 2.09 bits per heavy atom. The summed E-state index contributed by atoms with van der Waals surface area (Å²) in [5.41, 5.74) is -0.446. The number of aryl methyl sites for hydroxylation is 1. The van der Waals surface area contributed by atoms with E-state index in [1.807, 2.05) is 31.5 Å². The van der Waals surface area contributed by atoms with Gasteiger partial charge in [-0.25, -0.2) is 9.78 Å². The third-order valence-corrected chi connectivity index (χ3v) is 3.57. The Hall–Kier alpha value is -2.05. The van der Waals surface area contributed by atoms with Gasteiger partial charge in [-0.3, -0.25) is 4.79 Å². The number of hydrogen-bond acceptors (Lipinski definition) is 3. The summed E-state index contributed by atoms with van der Waals surface area (Å²) >= 11 is 0. The third kappa shape index (κ3) is 5.38. The van der Waals surface area contributed by atoms with E-state index in [2.05, 4.69) is 15.6 Å². The van der Waals surface area contributed by atoms with Crippen LogP contribution in [0.25, 0.3) is 0 Å². The first-order valence-electron chi connectivity index (χ1n) is 7.53. The summed E-state index contributed by atoms with van der Waals surface area (Å²) in [6.07, 6.45) is 4.59. The topological polar surface area (TPSA) is 79.3 Å². The van der Waals surface area contributed by atoms with E-state index in [0.29, 0.717) is 19.4 Å². The van der Waals surface area contributed by atoms with Crippen LogP contribution >= 0.6 is 0 Å². The van der Waals surface area contributed by atoms with E-state index in [4.69, 9.17) is 0 Å². The number of nitrogens with zero attached hydrogens (tertiary/aromatic N) is 3. The highest BCUT2D eigenvalue weighted by molar-refractivity contribution is 5.76. The number of nitrogens with one attached hydrogen (secondary N) is 2. The zero-order chi connectivity index (χ0) is 16.8. The molecule has 1 rings (SSSR count). The first-order valence-corrected chi connectivity index (χ1v) is 7.53. The van der Waals surface area contributed by atoms with Crippen LogP contribution in [0, 0.1) is 0 Å². The van der Waals surface area contributed by atoms with Gasteiger partial charge >= 0.3 is 6.03 Å². The van der Waals surface area contributed by atoms with Gasteiger partial charge in [0, 0.05) is 45.0 Å². The van der Waals surface area contributed by atoms with Crippen LogP contribution in [0.2, 0.25) is 0 Å². The molecule has 0 bridgehead atoms. The summed E-state index contributed by atoms with van der Waals surface area (Å²) in [6, 6.07) is -0.174. The predicted octanol–water partition coefficient (Wildman–Crippen LogP) is 1.35. The quantitative estimate of drug-likeness (QED) is 0.798. The minimum absolute atomic E-state index is 0.0272. The Morgan fingerprint density at radius 3 is 2.68 bits per heavy atom. The van der Waals surface area contributed by atoms with Gasteiger partial charge in [0.15, 0.2) is 0 Å². The molecule has 124 valence electrons. The number of amides is 3. The van der Waals surface area contributed by atoms with Crippen LogP contribution in [-0.4, -0.2) is 46.0 Å². The molecular weight excluding hydrogens is 282 g/mol. The van der Waals surface area contributed by atoms with Gasteiger partial charge in [0.1, 0.15) is 5.82 Å². The fraction of sp³-hybridized carbons (Fsp3) is 0.667. The van der Waals surface area contributed by atoms with E-state index in [-0.39, 0.29) is 11.9 Å². The summed E-state index contributed by atoms with van der Waals surface area (Å²) < 4.78 is 2.00. The minimum atomic E-state index is -0.446.